The second-order valence-electron chi connectivity index (χ2n) is 5.42. The van der Waals surface area contributed by atoms with Gasteiger partial charge in [-0.3, -0.25) is 9.62 Å². The molecular formula is C14H24N4O2S. The summed E-state index contributed by atoms with van der Waals surface area (Å²) < 4.78 is 27.2. The first-order chi connectivity index (χ1) is 9.98. The Kier molecular flexibility index (Phi) is 5.44. The van der Waals surface area contributed by atoms with Gasteiger partial charge in [0.1, 0.15) is 0 Å². The van der Waals surface area contributed by atoms with Gasteiger partial charge in [-0.1, -0.05) is 12.1 Å². The number of rotatable bonds is 6. The third-order valence-electron chi connectivity index (χ3n) is 3.54. The van der Waals surface area contributed by atoms with E-state index in [4.69, 9.17) is 0 Å². The summed E-state index contributed by atoms with van der Waals surface area (Å²) in [6, 6.07) is 7.42. The highest BCUT2D eigenvalue weighted by Crippen LogP contribution is 2.24. The van der Waals surface area contributed by atoms with Crippen molar-refractivity contribution in [1.82, 2.24) is 10.2 Å². The van der Waals surface area contributed by atoms with E-state index in [0.29, 0.717) is 12.2 Å². The number of anilines is 2. The van der Waals surface area contributed by atoms with Crippen molar-refractivity contribution in [2.45, 2.75) is 0 Å². The van der Waals surface area contributed by atoms with Crippen LogP contribution in [0, 0.1) is 0 Å². The molecule has 1 aliphatic heterocycles. The fourth-order valence-corrected chi connectivity index (χ4v) is 3.46. The molecule has 0 atom stereocenters. The van der Waals surface area contributed by atoms with Gasteiger partial charge in [0.25, 0.3) is 0 Å². The number of para-hydroxylation sites is 2. The molecule has 21 heavy (non-hydrogen) atoms. The molecule has 0 saturated carbocycles. The molecule has 0 amide bonds. The van der Waals surface area contributed by atoms with Crippen LogP contribution in [0.15, 0.2) is 24.3 Å². The molecule has 0 aliphatic carbocycles. The van der Waals surface area contributed by atoms with E-state index in [2.05, 4.69) is 14.9 Å². The van der Waals surface area contributed by atoms with Crippen molar-refractivity contribution in [3.05, 3.63) is 24.3 Å². The van der Waals surface area contributed by atoms with Crippen LogP contribution < -0.4 is 14.9 Å². The van der Waals surface area contributed by atoms with Crippen LogP contribution in [0.5, 0.6) is 0 Å². The molecule has 0 bridgehead atoms. The van der Waals surface area contributed by atoms with E-state index in [1.165, 1.54) is 0 Å². The zero-order valence-electron chi connectivity index (χ0n) is 12.7. The average molecular weight is 312 g/mol. The van der Waals surface area contributed by atoms with E-state index in [-0.39, 0.29) is 5.75 Å². The third-order valence-corrected chi connectivity index (χ3v) is 4.79. The van der Waals surface area contributed by atoms with Gasteiger partial charge < -0.3 is 10.2 Å². The second-order valence-corrected chi connectivity index (χ2v) is 7.27. The summed E-state index contributed by atoms with van der Waals surface area (Å²) in [5.74, 6) is 0.120. The Morgan fingerprint density at radius 1 is 1.24 bits per heavy atom. The molecular weight excluding hydrogens is 288 g/mol. The summed E-state index contributed by atoms with van der Waals surface area (Å²) in [7, 11) is 0.465. The Morgan fingerprint density at radius 3 is 2.57 bits per heavy atom. The van der Waals surface area contributed by atoms with Gasteiger partial charge in [0, 0.05) is 46.8 Å². The molecule has 2 rings (SSSR count). The van der Waals surface area contributed by atoms with Gasteiger partial charge in [0.05, 0.1) is 17.1 Å². The van der Waals surface area contributed by atoms with E-state index in [0.717, 1.165) is 31.9 Å². The van der Waals surface area contributed by atoms with Crippen LogP contribution >= 0.6 is 0 Å². The Hall–Kier alpha value is -1.31. The number of sulfonamides is 1. The minimum Gasteiger partial charge on any atom is -0.376 e. The molecule has 1 aromatic carbocycles. The lowest BCUT2D eigenvalue weighted by Gasteiger charge is -2.27. The minimum absolute atomic E-state index is 0.120. The predicted octanol–water partition coefficient (Wildman–Crippen LogP) is 0.400. The number of hydrogen-bond acceptors (Lipinski definition) is 5. The van der Waals surface area contributed by atoms with Crippen LogP contribution in [-0.4, -0.2) is 65.9 Å². The van der Waals surface area contributed by atoms with E-state index >= 15 is 0 Å². The van der Waals surface area contributed by atoms with Crippen molar-refractivity contribution >= 4 is 21.4 Å². The molecule has 1 aliphatic rings. The van der Waals surface area contributed by atoms with Crippen LogP contribution in [0.4, 0.5) is 11.4 Å². The smallest absolute Gasteiger partial charge is 0.234 e. The van der Waals surface area contributed by atoms with Crippen LogP contribution in [0.25, 0.3) is 0 Å². The average Bonchev–Trinajstić information content (AvgIpc) is 2.46. The summed E-state index contributed by atoms with van der Waals surface area (Å²) in [6.07, 6.45) is 0. The third kappa shape index (κ3) is 4.87. The number of nitrogens with zero attached hydrogens (tertiary/aromatic N) is 2. The molecule has 0 spiro atoms. The molecule has 1 heterocycles. The first kappa shape index (κ1) is 16.1. The summed E-state index contributed by atoms with van der Waals surface area (Å²) in [5, 5.41) is 3.26. The Bertz CT molecular complexity index is 554. The Labute approximate surface area is 127 Å². The molecule has 0 radical (unpaired) electrons. The largest absolute Gasteiger partial charge is 0.376 e. The van der Waals surface area contributed by atoms with Gasteiger partial charge in [0.15, 0.2) is 0 Å². The number of piperazine rings is 1. The van der Waals surface area contributed by atoms with E-state index in [1.54, 1.807) is 6.07 Å². The molecule has 0 aromatic heterocycles. The number of benzene rings is 1. The topological polar surface area (TPSA) is 64.7 Å². The summed E-state index contributed by atoms with van der Waals surface area (Å²) in [6.45, 7) is 4.24. The first-order valence-corrected chi connectivity index (χ1v) is 8.83. The van der Waals surface area contributed by atoms with Crippen LogP contribution in [0.2, 0.25) is 0 Å². The lowest BCUT2D eigenvalue weighted by Crippen LogP contribution is -2.45. The first-order valence-electron chi connectivity index (χ1n) is 7.18. The van der Waals surface area contributed by atoms with E-state index < -0.39 is 10.0 Å². The highest BCUT2D eigenvalue weighted by Gasteiger charge is 2.17. The van der Waals surface area contributed by atoms with E-state index in [1.807, 2.05) is 37.2 Å². The molecule has 1 saturated heterocycles. The zero-order chi connectivity index (χ0) is 15.3. The van der Waals surface area contributed by atoms with Crippen molar-refractivity contribution in [3.8, 4) is 0 Å². The molecule has 0 unspecified atom stereocenters. The molecule has 7 heteroatoms. The standard InChI is InChI=1S/C14H24N4O2S/c1-17(2)14-6-4-3-5-13(14)16-21(19,20)12-11-18-9-7-15-8-10-18/h3-6,15-16H,7-12H2,1-2H3. The monoisotopic (exact) mass is 312 g/mol. The van der Waals surface area contributed by atoms with Crippen molar-refractivity contribution in [2.75, 3.05) is 62.2 Å². The van der Waals surface area contributed by atoms with Crippen LogP contribution in [0.3, 0.4) is 0 Å². The number of nitrogens with one attached hydrogen (secondary N) is 2. The SMILES string of the molecule is CN(C)c1ccccc1NS(=O)(=O)CCN1CCNCC1. The lowest BCUT2D eigenvalue weighted by atomic mass is 10.2. The van der Waals surface area contributed by atoms with E-state index in [9.17, 15) is 8.42 Å². The predicted molar refractivity (Wildman–Crippen MR) is 87.5 cm³/mol. The minimum atomic E-state index is -3.33. The molecule has 1 fully saturated rings. The number of hydrogen-bond donors (Lipinski definition) is 2. The van der Waals surface area contributed by atoms with Crippen molar-refractivity contribution in [2.24, 2.45) is 0 Å². The van der Waals surface area contributed by atoms with Gasteiger partial charge in [-0.15, -0.1) is 0 Å². The van der Waals surface area contributed by atoms with Crippen molar-refractivity contribution < 1.29 is 8.42 Å². The zero-order valence-corrected chi connectivity index (χ0v) is 13.5. The summed E-state index contributed by atoms with van der Waals surface area (Å²) in [5.41, 5.74) is 1.49. The summed E-state index contributed by atoms with van der Waals surface area (Å²) >= 11 is 0. The maximum atomic E-state index is 12.2. The normalized spacial score (nSPS) is 16.7. The Balaban J connectivity index is 1.97. The van der Waals surface area contributed by atoms with Crippen LogP contribution in [-0.2, 0) is 10.0 Å². The molecule has 1 aromatic rings. The maximum absolute atomic E-state index is 12.2. The fraction of sp³-hybridized carbons (Fsp3) is 0.571. The fourth-order valence-electron chi connectivity index (χ4n) is 2.35. The van der Waals surface area contributed by atoms with Crippen LogP contribution in [0.1, 0.15) is 0 Å². The second kappa shape index (κ2) is 7.11. The Morgan fingerprint density at radius 2 is 1.90 bits per heavy atom. The van der Waals surface area contributed by atoms with Gasteiger partial charge in [-0.2, -0.15) is 0 Å². The molecule has 6 nitrogen and oxygen atoms in total. The van der Waals surface area contributed by atoms with Gasteiger partial charge in [-0.25, -0.2) is 8.42 Å². The molecule has 118 valence electrons. The summed E-state index contributed by atoms with van der Waals surface area (Å²) in [4.78, 5) is 4.07. The highest BCUT2D eigenvalue weighted by molar-refractivity contribution is 7.92. The van der Waals surface area contributed by atoms with Crippen molar-refractivity contribution in [1.29, 1.82) is 0 Å². The maximum Gasteiger partial charge on any atom is 0.234 e. The van der Waals surface area contributed by atoms with Crippen molar-refractivity contribution in [3.63, 3.8) is 0 Å². The van der Waals surface area contributed by atoms with Gasteiger partial charge >= 0.3 is 0 Å². The van der Waals surface area contributed by atoms with Gasteiger partial charge in [-0.05, 0) is 12.1 Å². The lowest BCUT2D eigenvalue weighted by molar-refractivity contribution is 0.254. The molecule has 2 N–H and O–H groups in total. The quantitative estimate of drug-likeness (QED) is 0.796. The van der Waals surface area contributed by atoms with Gasteiger partial charge in [0.2, 0.25) is 10.0 Å². The highest BCUT2D eigenvalue weighted by atomic mass is 32.2.